The Kier molecular flexibility index (Phi) is 13.6. The quantitative estimate of drug-likeness (QED) is 0.217. The number of carbonyl (C=O) groups is 1. The molecule has 0 fully saturated rings. The van der Waals surface area contributed by atoms with E-state index in [0.717, 1.165) is 18.7 Å². The zero-order chi connectivity index (χ0) is 20.5. The number of amidine groups is 1. The number of hydrogen-bond donors (Lipinski definition) is 1. The molecular weight excluding hydrogens is 350 g/mol. The van der Waals surface area contributed by atoms with E-state index >= 15 is 0 Å². The second-order valence-corrected chi connectivity index (χ2v) is 7.90. The number of aliphatic carboxylic acids is 1. The van der Waals surface area contributed by atoms with Gasteiger partial charge in [-0.05, 0) is 25.7 Å². The van der Waals surface area contributed by atoms with E-state index in [-0.39, 0.29) is 11.0 Å². The summed E-state index contributed by atoms with van der Waals surface area (Å²) in [6, 6.07) is 0. The van der Waals surface area contributed by atoms with Gasteiger partial charge in [-0.15, -0.1) is 0 Å². The monoisotopic (exact) mass is 391 g/mol. The molecule has 1 rings (SSSR count). The van der Waals surface area contributed by atoms with Gasteiger partial charge in [0.2, 0.25) is 5.84 Å². The minimum absolute atomic E-state index is 0.0691. The highest BCUT2D eigenvalue weighted by Crippen LogP contribution is 2.21. The average Bonchev–Trinajstić information content (AvgIpc) is 3.03. The highest BCUT2D eigenvalue weighted by Gasteiger charge is 2.34. The van der Waals surface area contributed by atoms with Crippen LogP contribution >= 0.6 is 0 Å². The molecule has 2 N–H and O–H groups in total. The molecule has 1 atom stereocenters. The van der Waals surface area contributed by atoms with Crippen molar-refractivity contribution < 1.29 is 14.4 Å². The number of aliphatic imine (C=N–C) groups is 1. The summed E-state index contributed by atoms with van der Waals surface area (Å²) < 4.78 is 0.242. The molecule has 0 aromatic rings. The van der Waals surface area contributed by atoms with Crippen LogP contribution in [0.4, 0.5) is 0 Å². The predicted molar refractivity (Wildman–Crippen MR) is 115 cm³/mol. The first-order valence-electron chi connectivity index (χ1n) is 11.3. The molecule has 1 heterocycles. The minimum atomic E-state index is -1.05. The van der Waals surface area contributed by atoms with Crippen molar-refractivity contribution in [2.75, 3.05) is 19.6 Å². The van der Waals surface area contributed by atoms with Gasteiger partial charge in [0, 0.05) is 13.0 Å². The molecule has 1 aliphatic heterocycles. The zero-order valence-corrected chi connectivity index (χ0v) is 17.9. The van der Waals surface area contributed by atoms with Crippen LogP contribution in [-0.2, 0) is 4.79 Å². The number of carboxylic acid groups (broad SMARTS) is 1. The third kappa shape index (κ3) is 10.2. The summed E-state index contributed by atoms with van der Waals surface area (Å²) >= 11 is 0. The number of unbranched alkanes of at least 4 members (excludes halogenated alkanes) is 10. The van der Waals surface area contributed by atoms with Gasteiger partial charge in [0.1, 0.15) is 19.3 Å². The number of carboxylic acids is 1. The maximum absolute atomic E-state index is 11.1. The molecule has 0 saturated heterocycles. The Morgan fingerprint density at radius 3 is 2.25 bits per heavy atom. The molecule has 28 heavy (non-hydrogen) atoms. The molecular formula is C23H41N3O2. The highest BCUT2D eigenvalue weighted by atomic mass is 16.4. The summed E-state index contributed by atoms with van der Waals surface area (Å²) in [6.45, 7) is 3.17. The van der Waals surface area contributed by atoms with Gasteiger partial charge in [0.05, 0.1) is 12.2 Å². The van der Waals surface area contributed by atoms with E-state index in [0.29, 0.717) is 13.1 Å². The van der Waals surface area contributed by atoms with Crippen molar-refractivity contribution in [1.29, 1.82) is 0 Å². The lowest BCUT2D eigenvalue weighted by Crippen LogP contribution is -2.55. The van der Waals surface area contributed by atoms with Crippen LogP contribution < -0.4 is 10.8 Å². The Labute approximate surface area is 172 Å². The molecule has 0 bridgehead atoms. The first kappa shape index (κ1) is 24.6. The third-order valence-corrected chi connectivity index (χ3v) is 5.44. The molecule has 0 saturated carbocycles. The fourth-order valence-corrected chi connectivity index (χ4v) is 3.79. The largest absolute Gasteiger partial charge is 0.544 e. The number of rotatable bonds is 18. The molecule has 0 radical (unpaired) electrons. The lowest BCUT2D eigenvalue weighted by atomic mass is 10.1. The van der Waals surface area contributed by atoms with E-state index in [4.69, 9.17) is 5.73 Å². The Balaban J connectivity index is 2.05. The van der Waals surface area contributed by atoms with E-state index in [9.17, 15) is 9.90 Å². The topological polar surface area (TPSA) is 78.5 Å². The van der Waals surface area contributed by atoms with E-state index < -0.39 is 5.97 Å². The van der Waals surface area contributed by atoms with Crippen molar-refractivity contribution in [3.8, 4) is 0 Å². The molecule has 1 unspecified atom stereocenters. The molecule has 160 valence electrons. The predicted octanol–water partition coefficient (Wildman–Crippen LogP) is 4.04. The molecule has 5 heteroatoms. The normalized spacial score (nSPS) is 18.9. The Bertz CT molecular complexity index is 514. The van der Waals surface area contributed by atoms with Gasteiger partial charge >= 0.3 is 0 Å². The first-order chi connectivity index (χ1) is 13.6. The summed E-state index contributed by atoms with van der Waals surface area (Å²) in [7, 11) is 0. The Hall–Kier alpha value is -1.46. The van der Waals surface area contributed by atoms with Crippen molar-refractivity contribution in [1.82, 2.24) is 0 Å². The molecule has 1 aliphatic rings. The van der Waals surface area contributed by atoms with Gasteiger partial charge in [-0.1, -0.05) is 70.4 Å². The average molecular weight is 392 g/mol. The van der Waals surface area contributed by atoms with Crippen LogP contribution in [0, 0.1) is 0 Å². The first-order valence-corrected chi connectivity index (χ1v) is 11.3. The summed E-state index contributed by atoms with van der Waals surface area (Å²) in [5.74, 6) is -0.134. The summed E-state index contributed by atoms with van der Waals surface area (Å²) in [5.41, 5.74) is 5.69. The van der Waals surface area contributed by atoms with Crippen molar-refractivity contribution >= 4 is 11.8 Å². The van der Waals surface area contributed by atoms with E-state index in [1.54, 1.807) is 6.20 Å². The number of hydrogen-bond acceptors (Lipinski definition) is 4. The van der Waals surface area contributed by atoms with E-state index in [1.807, 2.05) is 6.20 Å². The SMILES string of the molecule is CCCC/C=C/CCCCCCCCCCC1=NC=C[N+]1(CCN)CC(=O)[O-]. The fourth-order valence-electron chi connectivity index (χ4n) is 3.79. The van der Waals surface area contributed by atoms with Gasteiger partial charge in [0.25, 0.3) is 0 Å². The van der Waals surface area contributed by atoms with Crippen molar-refractivity contribution in [3.63, 3.8) is 0 Å². The van der Waals surface area contributed by atoms with E-state index in [2.05, 4.69) is 24.1 Å². The van der Waals surface area contributed by atoms with Gasteiger partial charge in [-0.25, -0.2) is 9.48 Å². The number of nitrogens with two attached hydrogens (primary N) is 1. The number of carbonyl (C=O) groups excluding carboxylic acids is 1. The lowest BCUT2D eigenvalue weighted by Gasteiger charge is -2.32. The van der Waals surface area contributed by atoms with E-state index in [1.165, 1.54) is 70.6 Å². The Morgan fingerprint density at radius 2 is 1.64 bits per heavy atom. The summed E-state index contributed by atoms with van der Waals surface area (Å²) in [6.07, 6.45) is 24.2. The molecule has 0 aromatic carbocycles. The second-order valence-electron chi connectivity index (χ2n) is 7.90. The van der Waals surface area contributed by atoms with Crippen LogP contribution in [0.25, 0.3) is 0 Å². The molecule has 0 aliphatic carbocycles. The van der Waals surface area contributed by atoms with Crippen LogP contribution in [0.1, 0.15) is 90.4 Å². The molecule has 5 nitrogen and oxygen atoms in total. The minimum Gasteiger partial charge on any atom is -0.544 e. The van der Waals surface area contributed by atoms with Crippen LogP contribution in [0.15, 0.2) is 29.5 Å². The van der Waals surface area contributed by atoms with Crippen LogP contribution in [0.2, 0.25) is 0 Å². The smallest absolute Gasteiger partial charge is 0.207 e. The third-order valence-electron chi connectivity index (χ3n) is 5.44. The maximum atomic E-state index is 11.1. The maximum Gasteiger partial charge on any atom is 0.207 e. The zero-order valence-electron chi connectivity index (χ0n) is 17.9. The van der Waals surface area contributed by atoms with Crippen LogP contribution in [0.3, 0.4) is 0 Å². The van der Waals surface area contributed by atoms with Crippen molar-refractivity contribution in [2.45, 2.75) is 90.4 Å². The standard InChI is InChI=1S/C23H41N3O2/c1-2-3-4-5-6-7-8-9-10-11-12-13-14-15-16-22-25-18-20-26(22,19-17-24)21-23(27)28/h5-6,18,20H,2-4,7-17,19,21,24H2,1H3/b6-5+. The van der Waals surface area contributed by atoms with Gasteiger partial charge in [-0.3, -0.25) is 0 Å². The molecule has 0 spiro atoms. The Morgan fingerprint density at radius 1 is 1.04 bits per heavy atom. The van der Waals surface area contributed by atoms with Gasteiger partial charge < -0.3 is 15.6 Å². The van der Waals surface area contributed by atoms with Gasteiger partial charge in [-0.2, -0.15) is 0 Å². The van der Waals surface area contributed by atoms with Crippen LogP contribution in [0.5, 0.6) is 0 Å². The second kappa shape index (κ2) is 15.5. The summed E-state index contributed by atoms with van der Waals surface area (Å²) in [5, 5.41) is 11.1. The number of allylic oxidation sites excluding steroid dienone is 2. The van der Waals surface area contributed by atoms with Crippen molar-refractivity contribution in [2.24, 2.45) is 10.7 Å². The lowest BCUT2D eigenvalue weighted by molar-refractivity contribution is -0.780. The van der Waals surface area contributed by atoms with Crippen molar-refractivity contribution in [3.05, 3.63) is 24.6 Å². The number of nitrogens with zero attached hydrogens (tertiary/aromatic N) is 2. The highest BCUT2D eigenvalue weighted by molar-refractivity contribution is 5.80. The molecule has 0 amide bonds. The fraction of sp³-hybridized carbons (Fsp3) is 0.739. The number of quaternary nitrogens is 1. The van der Waals surface area contributed by atoms with Gasteiger partial charge in [0.15, 0.2) is 0 Å². The molecule has 0 aromatic heterocycles. The summed E-state index contributed by atoms with van der Waals surface area (Å²) in [4.78, 5) is 15.5. The van der Waals surface area contributed by atoms with Crippen LogP contribution in [-0.4, -0.2) is 35.9 Å².